The highest BCUT2D eigenvalue weighted by molar-refractivity contribution is 5.78. The van der Waals surface area contributed by atoms with E-state index >= 15 is 0 Å². The molecule has 0 aromatic heterocycles. The lowest BCUT2D eigenvalue weighted by molar-refractivity contribution is -0.145. The van der Waals surface area contributed by atoms with Gasteiger partial charge in [-0.2, -0.15) is 0 Å². The summed E-state index contributed by atoms with van der Waals surface area (Å²) >= 11 is 0. The van der Waals surface area contributed by atoms with Gasteiger partial charge in [-0.15, -0.1) is 0 Å². The fraction of sp³-hybridized carbons (Fsp3) is 0.927. The van der Waals surface area contributed by atoms with Crippen molar-refractivity contribution in [3.63, 3.8) is 0 Å². The third kappa shape index (κ3) is 34.0. The predicted molar refractivity (Wildman–Crippen MR) is 195 cm³/mol. The Morgan fingerprint density at radius 1 is 0.370 bits per heavy atom. The van der Waals surface area contributed by atoms with Crippen molar-refractivity contribution in [2.45, 2.75) is 226 Å². The molecule has 5 nitrogen and oxygen atoms in total. The van der Waals surface area contributed by atoms with Crippen LogP contribution in [0.2, 0.25) is 0 Å². The lowest BCUT2D eigenvalue weighted by atomic mass is 9.92. The number of ether oxygens (including phenoxy) is 2. The number of esters is 2. The molecule has 0 saturated carbocycles. The van der Waals surface area contributed by atoms with Crippen LogP contribution in [0.1, 0.15) is 226 Å². The summed E-state index contributed by atoms with van der Waals surface area (Å²) in [5.74, 6) is 0.907. The molecule has 0 rings (SSSR count). The number of unbranched alkanes of at least 4 members (excludes halogenated alkanes) is 20. The summed E-state index contributed by atoms with van der Waals surface area (Å²) in [6, 6.07) is 0. The highest BCUT2D eigenvalue weighted by atomic mass is 16.5. The second kappa shape index (κ2) is 36.4. The number of carbonyl (C=O) groups excluding carboxylic acids is 3. The highest BCUT2D eigenvalue weighted by Crippen LogP contribution is 2.22. The van der Waals surface area contributed by atoms with Crippen molar-refractivity contribution in [2.75, 3.05) is 13.2 Å². The molecule has 0 N–H and O–H groups in total. The van der Waals surface area contributed by atoms with Crippen molar-refractivity contribution in [3.05, 3.63) is 0 Å². The number of Topliss-reactive ketones (excluding diaryl/α,β-unsaturated/α-hetero) is 1. The molecular weight excluding hydrogens is 572 g/mol. The molecule has 0 aromatic rings. The molecule has 0 saturated heterocycles. The van der Waals surface area contributed by atoms with Crippen LogP contribution in [0.15, 0.2) is 0 Å². The number of rotatable bonds is 37. The zero-order valence-corrected chi connectivity index (χ0v) is 31.2. The fourth-order valence-electron chi connectivity index (χ4n) is 6.25. The van der Waals surface area contributed by atoms with Crippen LogP contribution in [0.5, 0.6) is 0 Å². The first kappa shape index (κ1) is 44.6. The monoisotopic (exact) mass is 651 g/mol. The van der Waals surface area contributed by atoms with Crippen molar-refractivity contribution >= 4 is 17.7 Å². The van der Waals surface area contributed by atoms with E-state index in [0.29, 0.717) is 50.6 Å². The van der Waals surface area contributed by atoms with Gasteiger partial charge in [0.25, 0.3) is 0 Å². The Labute approximate surface area is 286 Å². The van der Waals surface area contributed by atoms with E-state index < -0.39 is 0 Å². The van der Waals surface area contributed by atoms with Gasteiger partial charge < -0.3 is 9.47 Å². The first-order chi connectivity index (χ1) is 22.5. The number of hydrogen-bond donors (Lipinski definition) is 0. The lowest BCUT2D eigenvalue weighted by Crippen LogP contribution is -2.10. The van der Waals surface area contributed by atoms with Crippen LogP contribution in [-0.2, 0) is 23.9 Å². The minimum atomic E-state index is -0.0888. The first-order valence-electron chi connectivity index (χ1n) is 20.4. The van der Waals surface area contributed by atoms with E-state index in [0.717, 1.165) is 70.6 Å². The highest BCUT2D eigenvalue weighted by Gasteiger charge is 2.11. The van der Waals surface area contributed by atoms with Crippen molar-refractivity contribution < 1.29 is 23.9 Å². The van der Waals surface area contributed by atoms with Crippen LogP contribution in [0.3, 0.4) is 0 Å². The Balaban J connectivity index is 3.61. The zero-order valence-electron chi connectivity index (χ0n) is 31.2. The van der Waals surface area contributed by atoms with E-state index in [1.54, 1.807) is 0 Å². The molecule has 0 unspecified atom stereocenters. The van der Waals surface area contributed by atoms with E-state index in [-0.39, 0.29) is 11.9 Å². The normalized spacial score (nSPS) is 11.3. The molecule has 0 aliphatic rings. The van der Waals surface area contributed by atoms with E-state index in [2.05, 4.69) is 20.8 Å². The van der Waals surface area contributed by atoms with Gasteiger partial charge in [-0.05, 0) is 44.4 Å². The average Bonchev–Trinajstić information content (AvgIpc) is 3.05. The Hall–Kier alpha value is -1.39. The predicted octanol–water partition coefficient (Wildman–Crippen LogP) is 12.8. The zero-order chi connectivity index (χ0) is 33.8. The van der Waals surface area contributed by atoms with Crippen molar-refractivity contribution in [3.8, 4) is 0 Å². The van der Waals surface area contributed by atoms with Crippen LogP contribution in [0.4, 0.5) is 0 Å². The summed E-state index contributed by atoms with van der Waals surface area (Å²) in [5.41, 5.74) is 0. The Morgan fingerprint density at radius 2 is 0.717 bits per heavy atom. The van der Waals surface area contributed by atoms with Crippen LogP contribution < -0.4 is 0 Å². The van der Waals surface area contributed by atoms with Gasteiger partial charge in [0.15, 0.2) is 0 Å². The third-order valence-corrected chi connectivity index (χ3v) is 9.40. The SMILES string of the molecule is CCCCCCCCCCCOC(=O)CCCCCC(=O)CCCCCCCC(=O)OCCC(CCCCCC)CCCCCC. The Kier molecular flexibility index (Phi) is 35.3. The van der Waals surface area contributed by atoms with E-state index in [1.807, 2.05) is 0 Å². The second-order valence-electron chi connectivity index (χ2n) is 14.0. The molecule has 0 radical (unpaired) electrons. The maximum atomic E-state index is 12.2. The average molecular weight is 651 g/mol. The van der Waals surface area contributed by atoms with Gasteiger partial charge in [-0.3, -0.25) is 14.4 Å². The Morgan fingerprint density at radius 3 is 1.20 bits per heavy atom. The number of ketones is 1. The van der Waals surface area contributed by atoms with Gasteiger partial charge in [0.05, 0.1) is 13.2 Å². The topological polar surface area (TPSA) is 69.7 Å². The molecule has 0 aromatic carbocycles. The van der Waals surface area contributed by atoms with E-state index in [9.17, 15) is 14.4 Å². The summed E-state index contributed by atoms with van der Waals surface area (Å²) in [5, 5.41) is 0. The summed E-state index contributed by atoms with van der Waals surface area (Å²) in [6.45, 7) is 7.90. The molecule has 0 aliphatic carbocycles. The molecule has 46 heavy (non-hydrogen) atoms. The van der Waals surface area contributed by atoms with Gasteiger partial charge in [0.2, 0.25) is 0 Å². The molecular formula is C41H78O5. The third-order valence-electron chi connectivity index (χ3n) is 9.40. The molecule has 272 valence electrons. The molecule has 0 heterocycles. The molecule has 0 aliphatic heterocycles. The van der Waals surface area contributed by atoms with Crippen molar-refractivity contribution in [1.82, 2.24) is 0 Å². The van der Waals surface area contributed by atoms with Crippen LogP contribution in [0, 0.1) is 5.92 Å². The van der Waals surface area contributed by atoms with Crippen molar-refractivity contribution in [2.24, 2.45) is 5.92 Å². The maximum absolute atomic E-state index is 12.2. The number of hydrogen-bond acceptors (Lipinski definition) is 5. The standard InChI is InChI=1S/C41H78O5/c1-4-7-10-13-14-15-16-20-28-36-45-40(43)34-27-21-25-32-39(42)31-24-18-17-19-26-33-41(44)46-37-35-38(29-22-11-8-5-2)30-23-12-9-6-3/h38H,4-37H2,1-3H3. The molecule has 5 heteroatoms. The first-order valence-corrected chi connectivity index (χ1v) is 20.4. The van der Waals surface area contributed by atoms with Crippen LogP contribution in [-0.4, -0.2) is 30.9 Å². The van der Waals surface area contributed by atoms with Gasteiger partial charge in [0, 0.05) is 25.7 Å². The van der Waals surface area contributed by atoms with Gasteiger partial charge >= 0.3 is 11.9 Å². The van der Waals surface area contributed by atoms with E-state index in [4.69, 9.17) is 9.47 Å². The lowest BCUT2D eigenvalue weighted by Gasteiger charge is -2.17. The van der Waals surface area contributed by atoms with Crippen LogP contribution in [0.25, 0.3) is 0 Å². The van der Waals surface area contributed by atoms with Crippen LogP contribution >= 0.6 is 0 Å². The fourth-order valence-corrected chi connectivity index (χ4v) is 6.25. The summed E-state index contributed by atoms with van der Waals surface area (Å²) < 4.78 is 11.0. The molecule has 0 fully saturated rings. The number of carbonyl (C=O) groups is 3. The summed E-state index contributed by atoms with van der Waals surface area (Å²) in [7, 11) is 0. The van der Waals surface area contributed by atoms with Gasteiger partial charge in [-0.25, -0.2) is 0 Å². The Bertz CT molecular complexity index is 664. The smallest absolute Gasteiger partial charge is 0.305 e. The largest absolute Gasteiger partial charge is 0.466 e. The summed E-state index contributed by atoms with van der Waals surface area (Å²) in [6.07, 6.45) is 35.2. The minimum Gasteiger partial charge on any atom is -0.466 e. The van der Waals surface area contributed by atoms with Gasteiger partial charge in [0.1, 0.15) is 5.78 Å². The van der Waals surface area contributed by atoms with Gasteiger partial charge in [-0.1, -0.05) is 162 Å². The van der Waals surface area contributed by atoms with Crippen molar-refractivity contribution in [1.29, 1.82) is 0 Å². The molecule has 0 bridgehead atoms. The quantitative estimate of drug-likeness (QED) is 0.0494. The maximum Gasteiger partial charge on any atom is 0.305 e. The second-order valence-corrected chi connectivity index (χ2v) is 14.0. The minimum absolute atomic E-state index is 0.0436. The van der Waals surface area contributed by atoms with E-state index in [1.165, 1.54) is 109 Å². The molecule has 0 amide bonds. The molecule has 0 atom stereocenters. The molecule has 0 spiro atoms. The summed E-state index contributed by atoms with van der Waals surface area (Å²) in [4.78, 5) is 36.3.